The summed E-state index contributed by atoms with van der Waals surface area (Å²) in [4.78, 5) is 17.0. The Kier molecular flexibility index (Phi) is 5.16. The van der Waals surface area contributed by atoms with E-state index in [9.17, 15) is 4.79 Å². The van der Waals surface area contributed by atoms with Crippen molar-refractivity contribution in [1.29, 1.82) is 0 Å². The van der Waals surface area contributed by atoms with E-state index < -0.39 is 0 Å². The first-order valence-corrected chi connectivity index (χ1v) is 8.81. The Morgan fingerprint density at radius 2 is 2.15 bits per heavy atom. The van der Waals surface area contributed by atoms with E-state index in [4.69, 9.17) is 0 Å². The number of carbonyl (C=O) groups is 1. The summed E-state index contributed by atoms with van der Waals surface area (Å²) in [6, 6.07) is 7.36. The van der Waals surface area contributed by atoms with Crippen molar-refractivity contribution >= 4 is 5.91 Å². The van der Waals surface area contributed by atoms with Crippen molar-refractivity contribution in [3.63, 3.8) is 0 Å². The van der Waals surface area contributed by atoms with Crippen molar-refractivity contribution in [2.24, 2.45) is 0 Å². The van der Waals surface area contributed by atoms with Gasteiger partial charge in [0.25, 0.3) is 5.91 Å². The third kappa shape index (κ3) is 3.51. The molecule has 1 atom stereocenters. The van der Waals surface area contributed by atoms with Gasteiger partial charge in [0, 0.05) is 23.4 Å². The van der Waals surface area contributed by atoms with Gasteiger partial charge in [-0.3, -0.25) is 9.89 Å². The van der Waals surface area contributed by atoms with E-state index in [1.807, 2.05) is 49.7 Å². The van der Waals surface area contributed by atoms with Crippen LogP contribution in [0.4, 0.5) is 0 Å². The number of H-pyrrole nitrogens is 1. The molecule has 1 amide bonds. The second kappa shape index (κ2) is 7.51. The summed E-state index contributed by atoms with van der Waals surface area (Å²) in [6.07, 6.45) is 2.49. The number of nitrogens with one attached hydrogen (secondary N) is 2. The molecule has 1 aromatic carbocycles. The molecule has 7 nitrogen and oxygen atoms in total. The Bertz CT molecular complexity index is 891. The number of rotatable bonds is 6. The molecule has 0 aliphatic carbocycles. The molecule has 0 aliphatic heterocycles. The van der Waals surface area contributed by atoms with Crippen molar-refractivity contribution < 1.29 is 4.79 Å². The SMILES string of the molecule is CCCn1ncnc1C(C)NC(=O)c1cccc(-c2c(C)n[nH]c2C)c1. The predicted octanol–water partition coefficient (Wildman–Crippen LogP) is 3.19. The van der Waals surface area contributed by atoms with Gasteiger partial charge in [-0.05, 0) is 44.9 Å². The fourth-order valence-electron chi connectivity index (χ4n) is 3.13. The molecule has 3 rings (SSSR count). The first-order chi connectivity index (χ1) is 12.5. The lowest BCUT2D eigenvalue weighted by atomic mass is 10.0. The van der Waals surface area contributed by atoms with Gasteiger partial charge >= 0.3 is 0 Å². The average molecular weight is 352 g/mol. The Morgan fingerprint density at radius 3 is 2.85 bits per heavy atom. The second-order valence-electron chi connectivity index (χ2n) is 6.43. The van der Waals surface area contributed by atoms with E-state index in [1.54, 1.807) is 0 Å². The largest absolute Gasteiger partial charge is 0.342 e. The van der Waals surface area contributed by atoms with E-state index in [1.165, 1.54) is 6.33 Å². The van der Waals surface area contributed by atoms with Crippen molar-refractivity contribution in [2.45, 2.75) is 46.7 Å². The minimum atomic E-state index is -0.224. The summed E-state index contributed by atoms with van der Waals surface area (Å²) in [5.74, 6) is 0.627. The lowest BCUT2D eigenvalue weighted by Crippen LogP contribution is -2.29. The van der Waals surface area contributed by atoms with Crippen molar-refractivity contribution in [1.82, 2.24) is 30.3 Å². The number of aromatic amines is 1. The fraction of sp³-hybridized carbons (Fsp3) is 0.368. The number of benzene rings is 1. The zero-order valence-electron chi connectivity index (χ0n) is 15.6. The van der Waals surface area contributed by atoms with Crippen LogP contribution in [0, 0.1) is 13.8 Å². The maximum absolute atomic E-state index is 12.7. The van der Waals surface area contributed by atoms with Crippen LogP contribution in [0.2, 0.25) is 0 Å². The van der Waals surface area contributed by atoms with Gasteiger partial charge in [-0.15, -0.1) is 0 Å². The summed E-state index contributed by atoms with van der Waals surface area (Å²) >= 11 is 0. The summed E-state index contributed by atoms with van der Waals surface area (Å²) in [5.41, 5.74) is 4.52. The molecule has 26 heavy (non-hydrogen) atoms. The number of aryl methyl sites for hydroxylation is 3. The minimum absolute atomic E-state index is 0.135. The first kappa shape index (κ1) is 17.8. The molecular formula is C19H24N6O. The number of amides is 1. The molecule has 0 bridgehead atoms. The van der Waals surface area contributed by atoms with Crippen LogP contribution in [0.5, 0.6) is 0 Å². The predicted molar refractivity (Wildman–Crippen MR) is 99.7 cm³/mol. The van der Waals surface area contributed by atoms with Crippen LogP contribution in [0.25, 0.3) is 11.1 Å². The van der Waals surface area contributed by atoms with Crippen LogP contribution in [0.15, 0.2) is 30.6 Å². The third-order valence-electron chi connectivity index (χ3n) is 4.36. The molecule has 2 aromatic heterocycles. The molecule has 0 fully saturated rings. The van der Waals surface area contributed by atoms with Gasteiger partial charge in [-0.2, -0.15) is 10.2 Å². The minimum Gasteiger partial charge on any atom is -0.342 e. The van der Waals surface area contributed by atoms with Gasteiger partial charge in [0.05, 0.1) is 11.7 Å². The topological polar surface area (TPSA) is 88.5 Å². The molecule has 2 heterocycles. The van der Waals surface area contributed by atoms with Crippen LogP contribution < -0.4 is 5.32 Å². The van der Waals surface area contributed by atoms with Gasteiger partial charge in [0.2, 0.25) is 0 Å². The molecule has 0 saturated heterocycles. The van der Waals surface area contributed by atoms with Crippen LogP contribution in [0.1, 0.15) is 53.9 Å². The smallest absolute Gasteiger partial charge is 0.251 e. The molecule has 2 N–H and O–H groups in total. The van der Waals surface area contributed by atoms with Crippen molar-refractivity contribution in [3.8, 4) is 11.1 Å². The maximum atomic E-state index is 12.7. The number of carbonyl (C=O) groups excluding carboxylic acids is 1. The number of nitrogens with zero attached hydrogens (tertiary/aromatic N) is 4. The van der Waals surface area contributed by atoms with E-state index in [2.05, 4.69) is 32.5 Å². The quantitative estimate of drug-likeness (QED) is 0.713. The van der Waals surface area contributed by atoms with Gasteiger partial charge in [-0.1, -0.05) is 19.1 Å². The number of hydrogen-bond acceptors (Lipinski definition) is 4. The lowest BCUT2D eigenvalue weighted by Gasteiger charge is -2.15. The zero-order valence-corrected chi connectivity index (χ0v) is 15.6. The van der Waals surface area contributed by atoms with Gasteiger partial charge in [-0.25, -0.2) is 9.67 Å². The molecule has 1 unspecified atom stereocenters. The Labute approximate surface area is 152 Å². The maximum Gasteiger partial charge on any atom is 0.251 e. The lowest BCUT2D eigenvalue weighted by molar-refractivity contribution is 0.0937. The summed E-state index contributed by atoms with van der Waals surface area (Å²) in [5, 5.41) is 14.4. The van der Waals surface area contributed by atoms with Gasteiger partial charge in [0.15, 0.2) is 0 Å². The van der Waals surface area contributed by atoms with Crippen LogP contribution in [-0.4, -0.2) is 30.9 Å². The fourth-order valence-corrected chi connectivity index (χ4v) is 3.13. The molecule has 0 spiro atoms. The Hall–Kier alpha value is -2.96. The van der Waals surface area contributed by atoms with Gasteiger partial charge in [0.1, 0.15) is 12.2 Å². The molecule has 3 aromatic rings. The van der Waals surface area contributed by atoms with Gasteiger partial charge < -0.3 is 5.32 Å². The van der Waals surface area contributed by atoms with Crippen LogP contribution in [0.3, 0.4) is 0 Å². The highest BCUT2D eigenvalue weighted by Gasteiger charge is 2.17. The van der Waals surface area contributed by atoms with E-state index in [0.29, 0.717) is 5.56 Å². The molecule has 0 radical (unpaired) electrons. The van der Waals surface area contributed by atoms with E-state index in [-0.39, 0.29) is 11.9 Å². The molecule has 0 aliphatic rings. The highest BCUT2D eigenvalue weighted by atomic mass is 16.1. The summed E-state index contributed by atoms with van der Waals surface area (Å²) < 4.78 is 1.83. The van der Waals surface area contributed by atoms with Crippen molar-refractivity contribution in [2.75, 3.05) is 0 Å². The highest BCUT2D eigenvalue weighted by molar-refractivity contribution is 5.95. The number of hydrogen-bond donors (Lipinski definition) is 2. The third-order valence-corrected chi connectivity index (χ3v) is 4.36. The summed E-state index contributed by atoms with van der Waals surface area (Å²) in [6.45, 7) is 8.71. The monoisotopic (exact) mass is 352 g/mol. The Morgan fingerprint density at radius 1 is 1.35 bits per heavy atom. The normalized spacial score (nSPS) is 12.2. The average Bonchev–Trinajstić information content (AvgIpc) is 3.22. The van der Waals surface area contributed by atoms with E-state index >= 15 is 0 Å². The molecular weight excluding hydrogens is 328 g/mol. The van der Waals surface area contributed by atoms with E-state index in [0.717, 1.165) is 41.3 Å². The number of aromatic nitrogens is 5. The summed E-state index contributed by atoms with van der Waals surface area (Å²) in [7, 11) is 0. The second-order valence-corrected chi connectivity index (χ2v) is 6.43. The highest BCUT2D eigenvalue weighted by Crippen LogP contribution is 2.26. The molecule has 7 heteroatoms. The molecule has 0 saturated carbocycles. The zero-order chi connectivity index (χ0) is 18.7. The Balaban J connectivity index is 1.80. The van der Waals surface area contributed by atoms with Crippen molar-refractivity contribution in [3.05, 3.63) is 53.4 Å². The van der Waals surface area contributed by atoms with Crippen LogP contribution in [-0.2, 0) is 6.54 Å². The van der Waals surface area contributed by atoms with Crippen LogP contribution >= 0.6 is 0 Å². The molecule has 136 valence electrons. The first-order valence-electron chi connectivity index (χ1n) is 8.81. The standard InChI is InChI=1S/C19H24N6O/c1-5-9-25-18(20-11-21-25)14(4)22-19(26)16-8-6-7-15(10-16)17-12(2)23-24-13(17)3/h6-8,10-11,14H,5,9H2,1-4H3,(H,22,26)(H,23,24).